The van der Waals surface area contributed by atoms with Crippen molar-refractivity contribution in [3.8, 4) is 0 Å². The summed E-state index contributed by atoms with van der Waals surface area (Å²) in [4.78, 5) is 0.110. The van der Waals surface area contributed by atoms with E-state index in [0.717, 1.165) is 37.0 Å². The molecule has 0 heterocycles. The molecule has 4 nitrogen and oxygen atoms in total. The van der Waals surface area contributed by atoms with E-state index in [2.05, 4.69) is 4.72 Å². The van der Waals surface area contributed by atoms with Gasteiger partial charge in [0.15, 0.2) is 0 Å². The topological polar surface area (TPSA) is 55.4 Å². The number of sulfonamides is 1. The van der Waals surface area contributed by atoms with Gasteiger partial charge in [-0.25, -0.2) is 17.5 Å². The van der Waals surface area contributed by atoms with Gasteiger partial charge in [0.25, 0.3) is 0 Å². The Hall–Kier alpha value is -1.50. The maximum absolute atomic E-state index is 14.0. The van der Waals surface area contributed by atoms with Gasteiger partial charge < -0.3 is 4.74 Å². The van der Waals surface area contributed by atoms with Gasteiger partial charge in [-0.2, -0.15) is 0 Å². The SMILES string of the molecule is O=S(=O)(NCCOC12CC3CC(CC(C3)C1)C2)c1ccc(F)c2ccccc12. The van der Waals surface area contributed by atoms with Crippen LogP contribution in [0.1, 0.15) is 38.5 Å². The smallest absolute Gasteiger partial charge is 0.241 e. The molecule has 0 aromatic heterocycles. The van der Waals surface area contributed by atoms with Crippen LogP contribution in [0, 0.1) is 23.6 Å². The minimum Gasteiger partial charge on any atom is -0.374 e. The Labute approximate surface area is 165 Å². The van der Waals surface area contributed by atoms with E-state index >= 15 is 0 Å². The van der Waals surface area contributed by atoms with E-state index < -0.39 is 15.8 Å². The number of ether oxygens (including phenoxy) is 1. The first-order valence-corrected chi connectivity index (χ1v) is 11.7. The quantitative estimate of drug-likeness (QED) is 0.734. The van der Waals surface area contributed by atoms with Gasteiger partial charge in [0, 0.05) is 17.3 Å². The highest BCUT2D eigenvalue weighted by Gasteiger charge is 2.51. The van der Waals surface area contributed by atoms with Crippen molar-refractivity contribution >= 4 is 20.8 Å². The number of hydrogen-bond donors (Lipinski definition) is 1. The fourth-order valence-electron chi connectivity index (χ4n) is 6.20. The van der Waals surface area contributed by atoms with Crippen LogP contribution < -0.4 is 4.72 Å². The molecule has 4 fully saturated rings. The van der Waals surface area contributed by atoms with Crippen LogP contribution in [-0.2, 0) is 14.8 Å². The first-order valence-electron chi connectivity index (χ1n) is 10.2. The molecule has 0 aliphatic heterocycles. The second kappa shape index (κ2) is 6.78. The lowest BCUT2D eigenvalue weighted by atomic mass is 9.54. The molecule has 6 heteroatoms. The zero-order valence-corrected chi connectivity index (χ0v) is 16.7. The third-order valence-corrected chi connectivity index (χ3v) is 8.42. The number of rotatable bonds is 6. The van der Waals surface area contributed by atoms with Gasteiger partial charge in [0.2, 0.25) is 10.0 Å². The van der Waals surface area contributed by atoms with E-state index in [9.17, 15) is 12.8 Å². The number of nitrogens with one attached hydrogen (secondary N) is 1. The summed E-state index contributed by atoms with van der Waals surface area (Å²) in [7, 11) is -3.73. The molecule has 0 radical (unpaired) electrons. The van der Waals surface area contributed by atoms with E-state index in [1.165, 1.54) is 31.4 Å². The summed E-state index contributed by atoms with van der Waals surface area (Å²) < 4.78 is 48.5. The summed E-state index contributed by atoms with van der Waals surface area (Å²) in [6.07, 6.45) is 7.46. The summed E-state index contributed by atoms with van der Waals surface area (Å²) >= 11 is 0. The van der Waals surface area contributed by atoms with Gasteiger partial charge in [0.05, 0.1) is 17.1 Å². The summed E-state index contributed by atoms with van der Waals surface area (Å²) in [6.45, 7) is 0.611. The molecule has 2 aromatic rings. The Balaban J connectivity index is 1.25. The molecule has 0 atom stereocenters. The Morgan fingerprint density at radius 1 is 0.964 bits per heavy atom. The second-order valence-electron chi connectivity index (χ2n) is 8.94. The third kappa shape index (κ3) is 3.25. The number of hydrogen-bond acceptors (Lipinski definition) is 3. The predicted octanol–water partition coefficient (Wildman–Crippen LogP) is 4.24. The van der Waals surface area contributed by atoms with Crippen molar-refractivity contribution in [2.45, 2.75) is 49.0 Å². The van der Waals surface area contributed by atoms with Crippen molar-refractivity contribution in [1.82, 2.24) is 4.72 Å². The van der Waals surface area contributed by atoms with E-state index in [4.69, 9.17) is 4.74 Å². The molecule has 28 heavy (non-hydrogen) atoms. The third-order valence-electron chi connectivity index (χ3n) is 6.90. The maximum Gasteiger partial charge on any atom is 0.241 e. The van der Waals surface area contributed by atoms with E-state index in [1.54, 1.807) is 24.3 Å². The maximum atomic E-state index is 14.0. The highest BCUT2D eigenvalue weighted by Crippen LogP contribution is 2.57. The van der Waals surface area contributed by atoms with Crippen LogP contribution in [0.2, 0.25) is 0 Å². The lowest BCUT2D eigenvalue weighted by Crippen LogP contribution is -2.52. The van der Waals surface area contributed by atoms with E-state index in [0.29, 0.717) is 17.4 Å². The van der Waals surface area contributed by atoms with Crippen LogP contribution in [0.15, 0.2) is 41.3 Å². The van der Waals surface area contributed by atoms with Crippen molar-refractivity contribution in [2.75, 3.05) is 13.2 Å². The second-order valence-corrected chi connectivity index (χ2v) is 10.7. The largest absolute Gasteiger partial charge is 0.374 e. The number of benzene rings is 2. The molecular formula is C22H26FNO3S. The van der Waals surface area contributed by atoms with Crippen LogP contribution in [0.4, 0.5) is 4.39 Å². The van der Waals surface area contributed by atoms with Crippen LogP contribution >= 0.6 is 0 Å². The molecule has 4 aliphatic carbocycles. The van der Waals surface area contributed by atoms with Crippen LogP contribution in [0.3, 0.4) is 0 Å². The fraction of sp³-hybridized carbons (Fsp3) is 0.545. The number of halogens is 1. The van der Waals surface area contributed by atoms with Crippen molar-refractivity contribution in [1.29, 1.82) is 0 Å². The van der Waals surface area contributed by atoms with Gasteiger partial charge in [-0.15, -0.1) is 0 Å². The van der Waals surface area contributed by atoms with Gasteiger partial charge in [-0.05, 0) is 68.4 Å². The summed E-state index contributed by atoms with van der Waals surface area (Å²) in [6, 6.07) is 9.20. The Bertz CT molecular complexity index is 969. The molecular weight excluding hydrogens is 377 g/mol. The Morgan fingerprint density at radius 2 is 1.57 bits per heavy atom. The number of fused-ring (bicyclic) bond motifs is 1. The summed E-state index contributed by atoms with van der Waals surface area (Å²) in [5.41, 5.74) is -0.0250. The molecule has 1 N–H and O–H groups in total. The van der Waals surface area contributed by atoms with Crippen molar-refractivity contribution in [2.24, 2.45) is 17.8 Å². The minimum absolute atomic E-state index is 0.0250. The van der Waals surface area contributed by atoms with Crippen LogP contribution in [0.5, 0.6) is 0 Å². The monoisotopic (exact) mass is 403 g/mol. The van der Waals surface area contributed by atoms with Gasteiger partial charge in [0.1, 0.15) is 5.82 Å². The zero-order chi connectivity index (χ0) is 19.4. The van der Waals surface area contributed by atoms with Crippen molar-refractivity contribution in [3.63, 3.8) is 0 Å². The van der Waals surface area contributed by atoms with Crippen LogP contribution in [-0.4, -0.2) is 27.2 Å². The molecule has 4 bridgehead atoms. The molecule has 0 unspecified atom stereocenters. The minimum atomic E-state index is -3.73. The lowest BCUT2D eigenvalue weighted by molar-refractivity contribution is -0.160. The van der Waals surface area contributed by atoms with E-state index in [-0.39, 0.29) is 17.0 Å². The van der Waals surface area contributed by atoms with E-state index in [1.807, 2.05) is 0 Å². The molecule has 0 saturated heterocycles. The first-order chi connectivity index (χ1) is 13.4. The first kappa shape index (κ1) is 18.5. The highest BCUT2D eigenvalue weighted by atomic mass is 32.2. The summed E-state index contributed by atoms with van der Waals surface area (Å²) in [5, 5.41) is 0.715. The predicted molar refractivity (Wildman–Crippen MR) is 106 cm³/mol. The van der Waals surface area contributed by atoms with Crippen LogP contribution in [0.25, 0.3) is 10.8 Å². The normalized spacial score (nSPS) is 31.5. The van der Waals surface area contributed by atoms with Gasteiger partial charge >= 0.3 is 0 Å². The van der Waals surface area contributed by atoms with Crippen molar-refractivity contribution < 1.29 is 17.5 Å². The average Bonchev–Trinajstić information content (AvgIpc) is 2.65. The van der Waals surface area contributed by atoms with Crippen molar-refractivity contribution in [3.05, 3.63) is 42.2 Å². The average molecular weight is 404 g/mol. The lowest BCUT2D eigenvalue weighted by Gasteiger charge is -2.56. The molecule has 4 aliphatic rings. The van der Waals surface area contributed by atoms with Gasteiger partial charge in [-0.1, -0.05) is 24.3 Å². The molecule has 0 amide bonds. The molecule has 0 spiro atoms. The molecule has 150 valence electrons. The highest BCUT2D eigenvalue weighted by molar-refractivity contribution is 7.89. The fourth-order valence-corrected chi connectivity index (χ4v) is 7.42. The van der Waals surface area contributed by atoms with Gasteiger partial charge in [-0.3, -0.25) is 0 Å². The Morgan fingerprint density at radius 3 is 2.21 bits per heavy atom. The molecule has 6 rings (SSSR count). The molecule has 4 saturated carbocycles. The summed E-state index contributed by atoms with van der Waals surface area (Å²) in [5.74, 6) is 1.98. The standard InChI is InChI=1S/C22H26FNO3S/c23-20-5-6-21(19-4-2-1-3-18(19)20)28(25,26)24-7-8-27-22-12-15-9-16(13-22)11-17(10-15)14-22/h1-6,15-17,24H,7-14H2. The Kier molecular flexibility index (Phi) is 4.49. The molecule has 2 aromatic carbocycles. The zero-order valence-electron chi connectivity index (χ0n) is 15.9.